The number of nitrogens with one attached hydrogen (secondary N) is 1. The zero-order valence-corrected chi connectivity index (χ0v) is 16.4. The second-order valence-electron chi connectivity index (χ2n) is 5.92. The van der Waals surface area contributed by atoms with Crippen LogP contribution in [0.25, 0.3) is 0 Å². The zero-order chi connectivity index (χ0) is 20.3. The van der Waals surface area contributed by atoms with Gasteiger partial charge in [-0.05, 0) is 24.3 Å². The predicted molar refractivity (Wildman–Crippen MR) is 103 cm³/mol. The minimum Gasteiger partial charge on any atom is -0.497 e. The van der Waals surface area contributed by atoms with Gasteiger partial charge in [-0.1, -0.05) is 0 Å². The molecule has 0 saturated heterocycles. The van der Waals surface area contributed by atoms with Crippen molar-refractivity contribution in [1.82, 2.24) is 0 Å². The monoisotopic (exact) mass is 408 g/mol. The summed E-state index contributed by atoms with van der Waals surface area (Å²) in [5.41, 5.74) is 0.691. The van der Waals surface area contributed by atoms with Crippen LogP contribution in [0.2, 0.25) is 0 Å². The number of methoxy groups -OCH3 is 2. The Morgan fingerprint density at radius 3 is 2.54 bits per heavy atom. The fourth-order valence-electron chi connectivity index (χ4n) is 2.66. The number of sulfonamides is 1. The standard InChI is InChI=1S/C18H20N2O7S/c1-24-13-5-6-14(16(9-13)25-2)19-18(21)10-20(28(3,22)23)12-4-7-15-17(8-12)27-11-26-15/h4-9H,10-11H2,1-3H3,(H,19,21). The van der Waals surface area contributed by atoms with E-state index < -0.39 is 22.5 Å². The van der Waals surface area contributed by atoms with Gasteiger partial charge in [0.2, 0.25) is 22.7 Å². The van der Waals surface area contributed by atoms with Crippen molar-refractivity contribution in [2.45, 2.75) is 0 Å². The fraction of sp³-hybridized carbons (Fsp3) is 0.278. The van der Waals surface area contributed by atoms with Crippen molar-refractivity contribution in [3.8, 4) is 23.0 Å². The Kier molecular flexibility index (Phi) is 5.50. The number of hydrogen-bond acceptors (Lipinski definition) is 7. The fourth-order valence-corrected chi connectivity index (χ4v) is 3.51. The molecule has 0 aromatic heterocycles. The molecule has 0 atom stereocenters. The molecule has 0 aliphatic carbocycles. The van der Waals surface area contributed by atoms with Crippen LogP contribution >= 0.6 is 0 Å². The Labute approximate surface area is 162 Å². The maximum absolute atomic E-state index is 12.5. The van der Waals surface area contributed by atoms with Gasteiger partial charge in [0.25, 0.3) is 0 Å². The number of carbonyl (C=O) groups excluding carboxylic acids is 1. The highest BCUT2D eigenvalue weighted by atomic mass is 32.2. The van der Waals surface area contributed by atoms with Crippen LogP contribution in [-0.4, -0.2) is 48.1 Å². The first-order valence-electron chi connectivity index (χ1n) is 8.21. The van der Waals surface area contributed by atoms with Gasteiger partial charge < -0.3 is 24.3 Å². The summed E-state index contributed by atoms with van der Waals surface area (Å²) in [6.07, 6.45) is 1.03. The number of rotatable bonds is 7. The summed E-state index contributed by atoms with van der Waals surface area (Å²) in [5.74, 6) is 1.36. The lowest BCUT2D eigenvalue weighted by Gasteiger charge is -2.22. The molecule has 1 N–H and O–H groups in total. The molecule has 0 fully saturated rings. The quantitative estimate of drug-likeness (QED) is 0.745. The molecule has 1 aliphatic heterocycles. The van der Waals surface area contributed by atoms with Gasteiger partial charge in [-0.2, -0.15) is 0 Å². The van der Waals surface area contributed by atoms with Crippen LogP contribution in [0.15, 0.2) is 36.4 Å². The Balaban J connectivity index is 1.81. The Morgan fingerprint density at radius 2 is 1.86 bits per heavy atom. The first-order valence-corrected chi connectivity index (χ1v) is 10.1. The van der Waals surface area contributed by atoms with E-state index in [0.717, 1.165) is 10.6 Å². The second-order valence-corrected chi connectivity index (χ2v) is 7.83. The molecule has 0 unspecified atom stereocenters. The number of ether oxygens (including phenoxy) is 4. The SMILES string of the molecule is COc1ccc(NC(=O)CN(c2ccc3c(c2)OCO3)S(C)(=O)=O)c(OC)c1. The molecule has 2 aromatic carbocycles. The van der Waals surface area contributed by atoms with Crippen LogP contribution in [0.4, 0.5) is 11.4 Å². The molecule has 1 aliphatic rings. The van der Waals surface area contributed by atoms with Gasteiger partial charge in [0, 0.05) is 12.1 Å². The molecular formula is C18H20N2O7S. The van der Waals surface area contributed by atoms with Crippen molar-refractivity contribution in [2.75, 3.05) is 43.4 Å². The summed E-state index contributed by atoms with van der Waals surface area (Å²) in [6, 6.07) is 9.55. The van der Waals surface area contributed by atoms with Gasteiger partial charge in [0.15, 0.2) is 11.5 Å². The molecule has 0 bridgehead atoms. The molecule has 10 heteroatoms. The van der Waals surface area contributed by atoms with E-state index in [2.05, 4.69) is 5.32 Å². The van der Waals surface area contributed by atoms with E-state index >= 15 is 0 Å². The van der Waals surface area contributed by atoms with E-state index in [4.69, 9.17) is 18.9 Å². The van der Waals surface area contributed by atoms with E-state index in [1.54, 1.807) is 30.3 Å². The lowest BCUT2D eigenvalue weighted by Crippen LogP contribution is -2.37. The molecule has 3 rings (SSSR count). The second kappa shape index (κ2) is 7.85. The molecule has 9 nitrogen and oxygen atoms in total. The van der Waals surface area contributed by atoms with Gasteiger partial charge in [-0.3, -0.25) is 9.10 Å². The third kappa shape index (κ3) is 4.22. The highest BCUT2D eigenvalue weighted by molar-refractivity contribution is 7.92. The lowest BCUT2D eigenvalue weighted by molar-refractivity contribution is -0.114. The molecule has 1 amide bonds. The maximum atomic E-state index is 12.5. The summed E-state index contributed by atoms with van der Waals surface area (Å²) in [7, 11) is -0.750. The van der Waals surface area contributed by atoms with Crippen molar-refractivity contribution < 1.29 is 32.2 Å². The summed E-state index contributed by atoms with van der Waals surface area (Å²) in [5, 5.41) is 2.66. The largest absolute Gasteiger partial charge is 0.497 e. The Hall–Kier alpha value is -3.14. The average Bonchev–Trinajstić information content (AvgIpc) is 3.13. The molecule has 1 heterocycles. The number of fused-ring (bicyclic) bond motifs is 1. The Morgan fingerprint density at radius 1 is 1.11 bits per heavy atom. The first kappa shape index (κ1) is 19.6. The smallest absolute Gasteiger partial charge is 0.245 e. The van der Waals surface area contributed by atoms with Crippen molar-refractivity contribution in [1.29, 1.82) is 0 Å². The molecular weight excluding hydrogens is 388 g/mol. The molecule has 0 saturated carbocycles. The third-order valence-electron chi connectivity index (χ3n) is 4.01. The first-order chi connectivity index (χ1) is 13.3. The van der Waals surface area contributed by atoms with Crippen LogP contribution in [0, 0.1) is 0 Å². The number of nitrogens with zero attached hydrogens (tertiary/aromatic N) is 1. The normalized spacial score (nSPS) is 12.4. The molecule has 0 radical (unpaired) electrons. The summed E-state index contributed by atoms with van der Waals surface area (Å²) >= 11 is 0. The number of amides is 1. The number of benzene rings is 2. The van der Waals surface area contributed by atoms with Crippen molar-refractivity contribution in [3.05, 3.63) is 36.4 Å². The number of anilines is 2. The van der Waals surface area contributed by atoms with E-state index in [-0.39, 0.29) is 6.79 Å². The zero-order valence-electron chi connectivity index (χ0n) is 15.6. The van der Waals surface area contributed by atoms with Gasteiger partial charge in [-0.15, -0.1) is 0 Å². The van der Waals surface area contributed by atoms with Crippen molar-refractivity contribution in [3.63, 3.8) is 0 Å². The van der Waals surface area contributed by atoms with Crippen LogP contribution in [-0.2, 0) is 14.8 Å². The van der Waals surface area contributed by atoms with Gasteiger partial charge in [0.05, 0.1) is 31.9 Å². The van der Waals surface area contributed by atoms with E-state index in [0.29, 0.717) is 34.4 Å². The van der Waals surface area contributed by atoms with Gasteiger partial charge >= 0.3 is 0 Å². The lowest BCUT2D eigenvalue weighted by atomic mass is 10.2. The Bertz CT molecular complexity index is 991. The van der Waals surface area contributed by atoms with Gasteiger partial charge in [0.1, 0.15) is 18.0 Å². The highest BCUT2D eigenvalue weighted by Crippen LogP contribution is 2.36. The summed E-state index contributed by atoms with van der Waals surface area (Å²) in [6.45, 7) is -0.358. The minimum atomic E-state index is -3.72. The molecule has 150 valence electrons. The van der Waals surface area contributed by atoms with E-state index in [9.17, 15) is 13.2 Å². The maximum Gasteiger partial charge on any atom is 0.245 e. The van der Waals surface area contributed by atoms with Crippen molar-refractivity contribution in [2.24, 2.45) is 0 Å². The van der Waals surface area contributed by atoms with Crippen molar-refractivity contribution >= 4 is 27.3 Å². The molecule has 0 spiro atoms. The van der Waals surface area contributed by atoms with E-state index in [1.165, 1.54) is 20.3 Å². The van der Waals surface area contributed by atoms with E-state index in [1.807, 2.05) is 0 Å². The topological polar surface area (TPSA) is 103 Å². The highest BCUT2D eigenvalue weighted by Gasteiger charge is 2.24. The number of carbonyl (C=O) groups is 1. The van der Waals surface area contributed by atoms with Crippen LogP contribution in [0.1, 0.15) is 0 Å². The summed E-state index contributed by atoms with van der Waals surface area (Å²) < 4.78 is 46.4. The molecule has 28 heavy (non-hydrogen) atoms. The van der Waals surface area contributed by atoms with Crippen LogP contribution in [0.5, 0.6) is 23.0 Å². The van der Waals surface area contributed by atoms with Crippen LogP contribution in [0.3, 0.4) is 0 Å². The molecule has 2 aromatic rings. The average molecular weight is 408 g/mol. The minimum absolute atomic E-state index is 0.0649. The summed E-state index contributed by atoms with van der Waals surface area (Å²) in [4.78, 5) is 12.5. The third-order valence-corrected chi connectivity index (χ3v) is 5.16. The predicted octanol–water partition coefficient (Wildman–Crippen LogP) is 1.84. The van der Waals surface area contributed by atoms with Gasteiger partial charge in [-0.25, -0.2) is 8.42 Å². The number of hydrogen-bond donors (Lipinski definition) is 1. The van der Waals surface area contributed by atoms with Crippen LogP contribution < -0.4 is 28.6 Å².